The molecule has 2 heterocycles. The van der Waals surface area contributed by atoms with E-state index in [-0.39, 0.29) is 46.9 Å². The second-order valence-electron chi connectivity index (χ2n) is 6.55. The van der Waals surface area contributed by atoms with E-state index in [0.29, 0.717) is 18.9 Å². The third-order valence-electron chi connectivity index (χ3n) is 3.52. The molecule has 0 bridgehead atoms. The Morgan fingerprint density at radius 1 is 1.48 bits per heavy atom. The number of rotatable bonds is 3. The normalized spacial score (nSPS) is 20.9. The first-order valence-electron chi connectivity index (χ1n) is 7.32. The summed E-state index contributed by atoms with van der Waals surface area (Å²) in [6, 6.07) is -0.0577. The minimum absolute atomic E-state index is 0. The molecule has 0 spiro atoms. The first-order valence-corrected chi connectivity index (χ1v) is 10.0. The molecular formula is C14H25IN4O2S2. The van der Waals surface area contributed by atoms with E-state index in [4.69, 9.17) is 0 Å². The van der Waals surface area contributed by atoms with Crippen LogP contribution in [0.4, 0.5) is 0 Å². The lowest BCUT2D eigenvalue weighted by Crippen LogP contribution is -2.43. The number of hydrogen-bond acceptors (Lipinski definition) is 5. The molecule has 0 amide bonds. The monoisotopic (exact) mass is 472 g/mol. The molecule has 2 N–H and O–H groups in total. The Kier molecular flexibility index (Phi) is 7.27. The topological polar surface area (TPSA) is 83.4 Å². The quantitative estimate of drug-likeness (QED) is 0.399. The van der Waals surface area contributed by atoms with Crippen LogP contribution in [0.15, 0.2) is 10.4 Å². The van der Waals surface area contributed by atoms with Gasteiger partial charge in [-0.3, -0.25) is 4.99 Å². The zero-order valence-electron chi connectivity index (χ0n) is 13.9. The number of sulfone groups is 1. The maximum absolute atomic E-state index is 11.5. The van der Waals surface area contributed by atoms with E-state index in [9.17, 15) is 8.42 Å². The van der Waals surface area contributed by atoms with Gasteiger partial charge in [-0.2, -0.15) is 0 Å². The lowest BCUT2D eigenvalue weighted by molar-refractivity contribution is 0.570. The van der Waals surface area contributed by atoms with Crippen LogP contribution in [0.25, 0.3) is 0 Å². The van der Waals surface area contributed by atoms with Gasteiger partial charge in [-0.25, -0.2) is 13.4 Å². The molecule has 1 aliphatic rings. The fourth-order valence-corrected chi connectivity index (χ4v) is 4.83. The van der Waals surface area contributed by atoms with Crippen LogP contribution in [0.3, 0.4) is 0 Å². The Morgan fingerprint density at radius 3 is 2.65 bits per heavy atom. The lowest BCUT2D eigenvalue weighted by Gasteiger charge is -2.16. The highest BCUT2D eigenvalue weighted by atomic mass is 127. The van der Waals surface area contributed by atoms with Gasteiger partial charge in [-0.05, 0) is 6.42 Å². The summed E-state index contributed by atoms with van der Waals surface area (Å²) in [5, 5.41) is 9.43. The summed E-state index contributed by atoms with van der Waals surface area (Å²) in [6.45, 7) is 7.00. The van der Waals surface area contributed by atoms with Crippen molar-refractivity contribution in [3.05, 3.63) is 16.1 Å². The SMILES string of the molecule is CN=C(NCc1nc(C(C)(C)C)cs1)NC1CCS(=O)(=O)C1.I. The second-order valence-corrected chi connectivity index (χ2v) is 9.72. The fourth-order valence-electron chi connectivity index (χ4n) is 2.19. The largest absolute Gasteiger partial charge is 0.353 e. The van der Waals surface area contributed by atoms with Crippen molar-refractivity contribution in [2.24, 2.45) is 4.99 Å². The van der Waals surface area contributed by atoms with E-state index in [2.05, 4.69) is 46.8 Å². The molecule has 132 valence electrons. The smallest absolute Gasteiger partial charge is 0.191 e. The minimum atomic E-state index is -2.89. The second kappa shape index (κ2) is 8.11. The molecule has 1 atom stereocenters. The van der Waals surface area contributed by atoms with Crippen LogP contribution < -0.4 is 10.6 Å². The number of nitrogens with zero attached hydrogens (tertiary/aromatic N) is 2. The van der Waals surface area contributed by atoms with Gasteiger partial charge in [0.1, 0.15) is 5.01 Å². The van der Waals surface area contributed by atoms with Gasteiger partial charge in [0.2, 0.25) is 0 Å². The van der Waals surface area contributed by atoms with Crippen molar-refractivity contribution in [1.29, 1.82) is 0 Å². The Morgan fingerprint density at radius 2 is 2.17 bits per heavy atom. The fraction of sp³-hybridized carbons (Fsp3) is 0.714. The standard InChI is InChI=1S/C14H24N4O2S2.HI/c1-14(2,3)11-8-21-12(18-11)7-16-13(15-4)17-10-5-6-22(19,20)9-10;/h8,10H,5-7,9H2,1-4H3,(H2,15,16,17);1H. The molecular weight excluding hydrogens is 447 g/mol. The first kappa shape index (κ1) is 20.6. The molecule has 0 aliphatic carbocycles. The average molecular weight is 472 g/mol. The molecule has 0 radical (unpaired) electrons. The molecule has 1 unspecified atom stereocenters. The summed E-state index contributed by atoms with van der Waals surface area (Å²) in [5.41, 5.74) is 1.13. The number of nitrogens with one attached hydrogen (secondary N) is 2. The molecule has 1 aromatic rings. The van der Waals surface area contributed by atoms with Crippen LogP contribution in [-0.2, 0) is 21.8 Å². The maximum Gasteiger partial charge on any atom is 0.191 e. The highest BCUT2D eigenvalue weighted by Crippen LogP contribution is 2.23. The van der Waals surface area contributed by atoms with Crippen LogP contribution in [-0.4, -0.2) is 44.0 Å². The van der Waals surface area contributed by atoms with Crippen molar-refractivity contribution in [1.82, 2.24) is 15.6 Å². The molecule has 1 saturated heterocycles. The summed E-state index contributed by atoms with van der Waals surface area (Å²) in [5.74, 6) is 1.05. The average Bonchev–Trinajstić information content (AvgIpc) is 3.00. The first-order chi connectivity index (χ1) is 10.2. The van der Waals surface area contributed by atoms with Crippen LogP contribution in [0, 0.1) is 0 Å². The Balaban J connectivity index is 0.00000264. The van der Waals surface area contributed by atoms with E-state index in [1.54, 1.807) is 18.4 Å². The van der Waals surface area contributed by atoms with Crippen LogP contribution >= 0.6 is 35.3 Å². The van der Waals surface area contributed by atoms with E-state index in [0.717, 1.165) is 10.7 Å². The number of aromatic nitrogens is 1. The van der Waals surface area contributed by atoms with Crippen molar-refractivity contribution in [3.63, 3.8) is 0 Å². The maximum atomic E-state index is 11.5. The summed E-state index contributed by atoms with van der Waals surface area (Å²) >= 11 is 1.62. The van der Waals surface area contributed by atoms with Crippen LogP contribution in [0.2, 0.25) is 0 Å². The Bertz CT molecular complexity index is 650. The van der Waals surface area contributed by atoms with E-state index in [1.807, 2.05) is 0 Å². The summed E-state index contributed by atoms with van der Waals surface area (Å²) in [6.07, 6.45) is 0.633. The zero-order valence-corrected chi connectivity index (χ0v) is 17.9. The Labute approximate surface area is 159 Å². The van der Waals surface area contributed by atoms with Crippen molar-refractivity contribution in [2.45, 2.75) is 45.2 Å². The number of aliphatic imine (C=N–C) groups is 1. The van der Waals surface area contributed by atoms with Gasteiger partial charge >= 0.3 is 0 Å². The summed E-state index contributed by atoms with van der Waals surface area (Å²) in [4.78, 5) is 8.77. The summed E-state index contributed by atoms with van der Waals surface area (Å²) in [7, 11) is -1.20. The van der Waals surface area contributed by atoms with Crippen molar-refractivity contribution in [3.8, 4) is 0 Å². The minimum Gasteiger partial charge on any atom is -0.353 e. The third-order valence-corrected chi connectivity index (χ3v) is 6.14. The van der Waals surface area contributed by atoms with Crippen molar-refractivity contribution < 1.29 is 8.42 Å². The molecule has 0 aromatic carbocycles. The van der Waals surface area contributed by atoms with E-state index >= 15 is 0 Å². The van der Waals surface area contributed by atoms with Crippen LogP contribution in [0.5, 0.6) is 0 Å². The lowest BCUT2D eigenvalue weighted by atomic mass is 9.93. The molecule has 2 rings (SSSR count). The number of thiazole rings is 1. The van der Waals surface area contributed by atoms with Crippen molar-refractivity contribution >= 4 is 51.1 Å². The van der Waals surface area contributed by atoms with Crippen molar-refractivity contribution in [2.75, 3.05) is 18.6 Å². The third kappa shape index (κ3) is 6.18. The summed E-state index contributed by atoms with van der Waals surface area (Å²) < 4.78 is 23.0. The van der Waals surface area contributed by atoms with Gasteiger partial charge in [0.15, 0.2) is 15.8 Å². The van der Waals surface area contributed by atoms with E-state index < -0.39 is 9.84 Å². The van der Waals surface area contributed by atoms with E-state index in [1.165, 1.54) is 0 Å². The molecule has 1 aliphatic heterocycles. The number of guanidine groups is 1. The van der Waals surface area contributed by atoms with Gasteiger partial charge in [0.05, 0.1) is 23.7 Å². The molecule has 0 saturated carbocycles. The predicted molar refractivity (Wildman–Crippen MR) is 107 cm³/mol. The highest BCUT2D eigenvalue weighted by Gasteiger charge is 2.28. The van der Waals surface area contributed by atoms with Gasteiger partial charge in [-0.1, -0.05) is 20.8 Å². The zero-order chi connectivity index (χ0) is 16.4. The number of hydrogen-bond donors (Lipinski definition) is 2. The number of halogens is 1. The van der Waals surface area contributed by atoms with Crippen LogP contribution in [0.1, 0.15) is 37.9 Å². The molecule has 1 aromatic heterocycles. The van der Waals surface area contributed by atoms with Gasteiger partial charge in [-0.15, -0.1) is 35.3 Å². The highest BCUT2D eigenvalue weighted by molar-refractivity contribution is 14.0. The van der Waals surface area contributed by atoms with Gasteiger partial charge < -0.3 is 10.6 Å². The van der Waals surface area contributed by atoms with Gasteiger partial charge in [0, 0.05) is 23.9 Å². The Hall–Kier alpha value is -0.420. The predicted octanol–water partition coefficient (Wildman–Crippen LogP) is 1.91. The molecule has 6 nitrogen and oxygen atoms in total. The molecule has 23 heavy (non-hydrogen) atoms. The van der Waals surface area contributed by atoms with Gasteiger partial charge in [0.25, 0.3) is 0 Å². The molecule has 1 fully saturated rings. The molecule has 9 heteroatoms.